The number of carbonyl (C=O) groups is 2. The summed E-state index contributed by atoms with van der Waals surface area (Å²) in [5.41, 5.74) is 5.72. The van der Waals surface area contributed by atoms with Crippen LogP contribution in [0.2, 0.25) is 0 Å². The Morgan fingerprint density at radius 2 is 2.14 bits per heavy atom. The van der Waals surface area contributed by atoms with Crippen molar-refractivity contribution in [2.45, 2.75) is 38.3 Å². The molecule has 5 nitrogen and oxygen atoms in total. The van der Waals surface area contributed by atoms with Crippen LogP contribution >= 0.6 is 0 Å². The average Bonchev–Trinajstić information content (AvgIpc) is 2.85. The molecule has 4 N–H and O–H groups in total. The van der Waals surface area contributed by atoms with Gasteiger partial charge in [0.05, 0.1) is 0 Å². The van der Waals surface area contributed by atoms with Gasteiger partial charge in [0.1, 0.15) is 6.04 Å². The van der Waals surface area contributed by atoms with Gasteiger partial charge < -0.3 is 16.2 Å². The number of carboxylic acids is 1. The maximum absolute atomic E-state index is 11.2. The third kappa shape index (κ3) is 3.33. The fourth-order valence-corrected chi connectivity index (χ4v) is 1.27. The first-order valence-electron chi connectivity index (χ1n) is 4.78. The summed E-state index contributed by atoms with van der Waals surface area (Å²) in [4.78, 5) is 21.7. The lowest BCUT2D eigenvalue weighted by Crippen LogP contribution is -2.41. The van der Waals surface area contributed by atoms with Crippen LogP contribution in [0.15, 0.2) is 0 Å². The van der Waals surface area contributed by atoms with Crippen LogP contribution in [0.3, 0.4) is 0 Å². The predicted octanol–water partition coefficient (Wildman–Crippen LogP) is -0.297. The zero-order valence-electron chi connectivity index (χ0n) is 8.19. The van der Waals surface area contributed by atoms with Gasteiger partial charge in [0.2, 0.25) is 5.91 Å². The van der Waals surface area contributed by atoms with E-state index in [0.717, 1.165) is 12.8 Å². The number of nitrogens with two attached hydrogens (primary N) is 1. The number of nitrogens with one attached hydrogen (secondary N) is 1. The molecule has 1 amide bonds. The van der Waals surface area contributed by atoms with E-state index in [-0.39, 0.29) is 18.4 Å². The quantitative estimate of drug-likeness (QED) is 0.568. The molecular weight excluding hydrogens is 184 g/mol. The largest absolute Gasteiger partial charge is 0.480 e. The van der Waals surface area contributed by atoms with E-state index in [9.17, 15) is 9.59 Å². The zero-order chi connectivity index (χ0) is 10.7. The maximum atomic E-state index is 11.2. The Morgan fingerprint density at radius 1 is 1.57 bits per heavy atom. The molecule has 0 heterocycles. The molecule has 0 aromatic rings. The highest BCUT2D eigenvalue weighted by molar-refractivity contribution is 5.83. The van der Waals surface area contributed by atoms with E-state index in [0.29, 0.717) is 5.92 Å². The molecule has 2 atom stereocenters. The van der Waals surface area contributed by atoms with Gasteiger partial charge in [-0.3, -0.25) is 9.59 Å². The molecule has 5 heteroatoms. The summed E-state index contributed by atoms with van der Waals surface area (Å²) in [5, 5.41) is 10.9. The van der Waals surface area contributed by atoms with Crippen molar-refractivity contribution in [3.63, 3.8) is 0 Å². The van der Waals surface area contributed by atoms with E-state index in [1.807, 2.05) is 0 Å². The van der Waals surface area contributed by atoms with Crippen LogP contribution in [0.4, 0.5) is 0 Å². The van der Waals surface area contributed by atoms with Gasteiger partial charge >= 0.3 is 5.97 Å². The van der Waals surface area contributed by atoms with E-state index >= 15 is 0 Å². The minimum absolute atomic E-state index is 0.115. The molecule has 1 aliphatic rings. The number of hydrogen-bond donors (Lipinski definition) is 3. The van der Waals surface area contributed by atoms with Crippen molar-refractivity contribution in [2.24, 2.45) is 11.7 Å². The first kappa shape index (κ1) is 11.0. The first-order valence-corrected chi connectivity index (χ1v) is 4.78. The van der Waals surface area contributed by atoms with Gasteiger partial charge in [-0.05, 0) is 25.7 Å². The summed E-state index contributed by atoms with van der Waals surface area (Å²) >= 11 is 0. The molecule has 1 saturated carbocycles. The molecule has 14 heavy (non-hydrogen) atoms. The topological polar surface area (TPSA) is 92.4 Å². The normalized spacial score (nSPS) is 19.9. The van der Waals surface area contributed by atoms with Crippen LogP contribution < -0.4 is 11.1 Å². The zero-order valence-corrected chi connectivity index (χ0v) is 8.19. The summed E-state index contributed by atoms with van der Waals surface area (Å²) in [6.07, 6.45) is 2.40. The Labute approximate surface area is 82.7 Å². The molecule has 2 unspecified atom stereocenters. The monoisotopic (exact) mass is 200 g/mol. The minimum atomic E-state index is -1.03. The predicted molar refractivity (Wildman–Crippen MR) is 50.6 cm³/mol. The summed E-state index contributed by atoms with van der Waals surface area (Å²) < 4.78 is 0. The van der Waals surface area contributed by atoms with Crippen molar-refractivity contribution in [1.29, 1.82) is 0 Å². The Morgan fingerprint density at radius 3 is 2.57 bits per heavy atom. The van der Waals surface area contributed by atoms with Crippen LogP contribution in [-0.4, -0.2) is 29.1 Å². The molecule has 0 saturated heterocycles. The number of amides is 1. The van der Waals surface area contributed by atoms with Crippen LogP contribution in [-0.2, 0) is 9.59 Å². The molecule has 0 bridgehead atoms. The number of hydrogen-bond acceptors (Lipinski definition) is 3. The van der Waals surface area contributed by atoms with Crippen LogP contribution in [0.25, 0.3) is 0 Å². The van der Waals surface area contributed by atoms with Crippen molar-refractivity contribution < 1.29 is 14.7 Å². The fraction of sp³-hybridized carbons (Fsp3) is 0.778. The highest BCUT2D eigenvalue weighted by Crippen LogP contribution is 2.32. The van der Waals surface area contributed by atoms with E-state index in [2.05, 4.69) is 5.32 Å². The van der Waals surface area contributed by atoms with Crippen molar-refractivity contribution >= 4 is 11.9 Å². The second-order valence-electron chi connectivity index (χ2n) is 3.83. The van der Waals surface area contributed by atoms with Crippen LogP contribution in [0, 0.1) is 5.92 Å². The van der Waals surface area contributed by atoms with E-state index in [1.165, 1.54) is 6.92 Å². The summed E-state index contributed by atoms with van der Waals surface area (Å²) in [7, 11) is 0. The fourth-order valence-electron chi connectivity index (χ4n) is 1.27. The Hall–Kier alpha value is -1.10. The second-order valence-corrected chi connectivity index (χ2v) is 3.83. The van der Waals surface area contributed by atoms with Gasteiger partial charge in [-0.25, -0.2) is 0 Å². The van der Waals surface area contributed by atoms with Crippen LogP contribution in [0.1, 0.15) is 26.2 Å². The van der Waals surface area contributed by atoms with Gasteiger partial charge in [0.15, 0.2) is 0 Å². The van der Waals surface area contributed by atoms with Gasteiger partial charge in [-0.15, -0.1) is 0 Å². The van der Waals surface area contributed by atoms with Gasteiger partial charge in [0, 0.05) is 12.5 Å². The van der Waals surface area contributed by atoms with Crippen molar-refractivity contribution in [3.05, 3.63) is 0 Å². The molecule has 1 aliphatic carbocycles. The Kier molecular flexibility index (Phi) is 3.46. The number of aliphatic carboxylic acids is 1. The van der Waals surface area contributed by atoms with E-state index in [1.54, 1.807) is 0 Å². The van der Waals surface area contributed by atoms with Gasteiger partial charge in [0.25, 0.3) is 0 Å². The van der Waals surface area contributed by atoms with Crippen LogP contribution in [0.5, 0.6) is 0 Å². The van der Waals surface area contributed by atoms with E-state index < -0.39 is 12.0 Å². The maximum Gasteiger partial charge on any atom is 0.325 e. The summed E-state index contributed by atoms with van der Waals surface area (Å²) in [6, 6.07) is -0.954. The molecule has 1 rings (SSSR count). The highest BCUT2D eigenvalue weighted by Gasteiger charge is 2.30. The van der Waals surface area contributed by atoms with E-state index in [4.69, 9.17) is 10.8 Å². The lowest BCUT2D eigenvalue weighted by molar-refractivity contribution is -0.141. The summed E-state index contributed by atoms with van der Waals surface area (Å²) in [5.74, 6) is -0.849. The van der Waals surface area contributed by atoms with Crippen molar-refractivity contribution in [2.75, 3.05) is 0 Å². The molecular formula is C9H16N2O3. The minimum Gasteiger partial charge on any atom is -0.480 e. The number of carbonyl (C=O) groups excluding carboxylic acids is 1. The van der Waals surface area contributed by atoms with Gasteiger partial charge in [-0.2, -0.15) is 0 Å². The second kappa shape index (κ2) is 4.41. The summed E-state index contributed by atoms with van der Waals surface area (Å²) in [6.45, 7) is 1.43. The average molecular weight is 200 g/mol. The number of rotatable bonds is 5. The number of carboxylic acid groups (broad SMARTS) is 1. The highest BCUT2D eigenvalue weighted by atomic mass is 16.4. The Balaban J connectivity index is 2.24. The van der Waals surface area contributed by atoms with Gasteiger partial charge in [-0.1, -0.05) is 0 Å². The Bertz CT molecular complexity index is 238. The molecule has 80 valence electrons. The smallest absolute Gasteiger partial charge is 0.325 e. The molecule has 0 radical (unpaired) electrons. The lowest BCUT2D eigenvalue weighted by atomic mass is 10.1. The SMILES string of the molecule is CC(NC(=O)CC(N)C1CC1)C(=O)O. The third-order valence-electron chi connectivity index (χ3n) is 2.40. The van der Waals surface area contributed by atoms with Crippen molar-refractivity contribution in [1.82, 2.24) is 5.32 Å². The van der Waals surface area contributed by atoms with Crippen molar-refractivity contribution in [3.8, 4) is 0 Å². The first-order chi connectivity index (χ1) is 6.50. The molecule has 0 aromatic heterocycles. The molecule has 1 fully saturated rings. The molecule has 0 aliphatic heterocycles. The third-order valence-corrected chi connectivity index (χ3v) is 2.40. The molecule has 0 spiro atoms. The molecule has 0 aromatic carbocycles. The standard InChI is InChI=1S/C9H16N2O3/c1-5(9(13)14)11-8(12)4-7(10)6-2-3-6/h5-7H,2-4,10H2,1H3,(H,11,12)(H,13,14). The lowest BCUT2D eigenvalue weighted by Gasteiger charge is -2.12.